The number of carboxylic acid groups (broad SMARTS) is 1. The van der Waals surface area contributed by atoms with Crippen LogP contribution < -0.4 is 4.74 Å². The van der Waals surface area contributed by atoms with Crippen molar-refractivity contribution in [1.29, 1.82) is 0 Å². The molecule has 10 heteroatoms. The summed E-state index contributed by atoms with van der Waals surface area (Å²) in [7, 11) is 3.19. The lowest BCUT2D eigenvalue weighted by molar-refractivity contribution is -0.137. The number of carbonyl (C=O) groups excluding carboxylic acids is 1. The fourth-order valence-corrected chi connectivity index (χ4v) is 4.24. The maximum absolute atomic E-state index is 13.5. The number of alkyl halides is 3. The molecule has 0 aliphatic carbocycles. The highest BCUT2D eigenvalue weighted by molar-refractivity contribution is 5.98. The number of benzene rings is 3. The Morgan fingerprint density at radius 3 is 2.10 bits per heavy atom. The van der Waals surface area contributed by atoms with Gasteiger partial charge < -0.3 is 24.7 Å². The van der Waals surface area contributed by atoms with E-state index in [4.69, 9.17) is 4.74 Å². The number of phenols is 1. The third kappa shape index (κ3) is 8.63. The van der Waals surface area contributed by atoms with Crippen molar-refractivity contribution in [2.24, 2.45) is 0 Å². The molecule has 0 spiro atoms. The summed E-state index contributed by atoms with van der Waals surface area (Å²) in [5, 5.41) is 19.3. The van der Waals surface area contributed by atoms with Crippen molar-refractivity contribution in [3.63, 3.8) is 0 Å². The van der Waals surface area contributed by atoms with Crippen molar-refractivity contribution in [1.82, 2.24) is 9.80 Å². The number of amides is 2. The number of rotatable bonds is 11. The van der Waals surface area contributed by atoms with E-state index in [1.165, 1.54) is 35.3 Å². The smallest absolute Gasteiger partial charge is 0.416 e. The first-order chi connectivity index (χ1) is 19.9. The lowest BCUT2D eigenvalue weighted by Crippen LogP contribution is -2.33. The van der Waals surface area contributed by atoms with Crippen LogP contribution in [0.4, 0.5) is 18.0 Å². The third-order valence-corrected chi connectivity index (χ3v) is 6.42. The van der Waals surface area contributed by atoms with Crippen LogP contribution in [0.15, 0.2) is 84.9 Å². The predicted octanol–water partition coefficient (Wildman–Crippen LogP) is 6.78. The normalized spacial score (nSPS) is 12.1. The van der Waals surface area contributed by atoms with Crippen LogP contribution >= 0.6 is 0 Å². The zero-order valence-corrected chi connectivity index (χ0v) is 23.6. The fraction of sp³-hybridized carbons (Fsp3) is 0.250. The van der Waals surface area contributed by atoms with Gasteiger partial charge in [0, 0.05) is 26.7 Å². The van der Waals surface area contributed by atoms with Crippen LogP contribution in [0.2, 0.25) is 0 Å². The van der Waals surface area contributed by atoms with Crippen molar-refractivity contribution in [2.75, 3.05) is 33.8 Å². The largest absolute Gasteiger partial charge is 0.508 e. The second-order valence-corrected chi connectivity index (χ2v) is 9.57. The van der Waals surface area contributed by atoms with Gasteiger partial charge in [-0.05, 0) is 70.7 Å². The van der Waals surface area contributed by atoms with Gasteiger partial charge in [-0.15, -0.1) is 0 Å². The molecular formula is C32H33F3N2O5. The number of hydrogen-bond acceptors (Lipinski definition) is 4. The molecule has 2 amide bonds. The highest BCUT2D eigenvalue weighted by Crippen LogP contribution is 2.38. The number of ether oxygens (including phenoxy) is 1. The second kappa shape index (κ2) is 14.2. The average molecular weight is 583 g/mol. The summed E-state index contributed by atoms with van der Waals surface area (Å²) in [6, 6.07) is 18.6. The lowest BCUT2D eigenvalue weighted by atomic mass is 9.87. The SMILES string of the molecule is CC/C(=C(\c1ccc(O)cc1)c1ccc(OCCN(C/C=C/C(=O)N(C)C)C(=O)O)cc1)c1cccc(C(F)(F)F)c1. The summed E-state index contributed by atoms with van der Waals surface area (Å²) in [6.07, 6.45) is -2.42. The Morgan fingerprint density at radius 2 is 1.55 bits per heavy atom. The topological polar surface area (TPSA) is 90.3 Å². The van der Waals surface area contributed by atoms with Gasteiger partial charge in [0.2, 0.25) is 5.91 Å². The fourth-order valence-electron chi connectivity index (χ4n) is 4.24. The van der Waals surface area contributed by atoms with Crippen molar-refractivity contribution < 1.29 is 37.7 Å². The maximum Gasteiger partial charge on any atom is 0.416 e. The van der Waals surface area contributed by atoms with Crippen LogP contribution in [0.5, 0.6) is 11.5 Å². The van der Waals surface area contributed by atoms with E-state index in [0.29, 0.717) is 34.4 Å². The first-order valence-corrected chi connectivity index (χ1v) is 13.2. The van der Waals surface area contributed by atoms with Gasteiger partial charge in [0.05, 0.1) is 12.1 Å². The monoisotopic (exact) mass is 582 g/mol. The lowest BCUT2D eigenvalue weighted by Gasteiger charge is -2.19. The highest BCUT2D eigenvalue weighted by Gasteiger charge is 2.30. The molecule has 0 radical (unpaired) electrons. The minimum absolute atomic E-state index is 0.0212. The summed E-state index contributed by atoms with van der Waals surface area (Å²) in [5.74, 6) is 0.287. The number of phenolic OH excluding ortho intramolecular Hbond substituents is 1. The molecule has 42 heavy (non-hydrogen) atoms. The van der Waals surface area contributed by atoms with Gasteiger partial charge in [-0.1, -0.05) is 49.4 Å². The Balaban J connectivity index is 1.86. The first-order valence-electron chi connectivity index (χ1n) is 13.2. The van der Waals surface area contributed by atoms with Crippen LogP contribution in [0.25, 0.3) is 11.1 Å². The standard InChI is InChI=1S/C32H33F3N2O5/c1-4-28(24-7-5-8-25(21-24)32(33,34)35)30(22-10-14-26(38)15-11-22)23-12-16-27(17-13-23)42-20-19-37(31(40)41)18-6-9-29(39)36(2)3/h5-17,21,38H,4,18-20H2,1-3H3,(H,40,41)/b9-6+,30-28-. The van der Waals surface area contributed by atoms with Crippen molar-refractivity contribution in [2.45, 2.75) is 19.5 Å². The predicted molar refractivity (Wildman–Crippen MR) is 155 cm³/mol. The van der Waals surface area contributed by atoms with E-state index >= 15 is 0 Å². The molecule has 0 aliphatic heterocycles. The van der Waals surface area contributed by atoms with Crippen LogP contribution in [0, 0.1) is 0 Å². The Morgan fingerprint density at radius 1 is 0.929 bits per heavy atom. The number of halogens is 3. The summed E-state index contributed by atoms with van der Waals surface area (Å²) in [6.45, 7) is 2.01. The molecule has 222 valence electrons. The third-order valence-electron chi connectivity index (χ3n) is 6.42. The molecule has 0 unspecified atom stereocenters. The van der Waals surface area contributed by atoms with E-state index in [1.54, 1.807) is 56.6 Å². The molecule has 0 saturated carbocycles. The minimum atomic E-state index is -4.48. The molecular weight excluding hydrogens is 549 g/mol. The van der Waals surface area contributed by atoms with Gasteiger partial charge >= 0.3 is 12.3 Å². The molecule has 2 N–H and O–H groups in total. The average Bonchev–Trinajstić information content (AvgIpc) is 2.95. The number of nitrogens with zero attached hydrogens (tertiary/aromatic N) is 2. The summed E-state index contributed by atoms with van der Waals surface area (Å²) < 4.78 is 46.2. The van der Waals surface area contributed by atoms with E-state index in [2.05, 4.69) is 0 Å². The van der Waals surface area contributed by atoms with Crippen LogP contribution in [0.3, 0.4) is 0 Å². The van der Waals surface area contributed by atoms with E-state index in [1.807, 2.05) is 6.92 Å². The van der Waals surface area contributed by atoms with Crippen molar-refractivity contribution in [3.8, 4) is 11.5 Å². The molecule has 0 bridgehead atoms. The molecule has 0 heterocycles. The summed E-state index contributed by atoms with van der Waals surface area (Å²) in [5.41, 5.74) is 2.54. The molecule has 3 aromatic carbocycles. The Kier molecular flexibility index (Phi) is 10.8. The number of likely N-dealkylation sites (N-methyl/N-ethyl adjacent to an activating group) is 1. The van der Waals surface area contributed by atoms with E-state index in [0.717, 1.165) is 22.6 Å². The van der Waals surface area contributed by atoms with E-state index < -0.39 is 17.8 Å². The van der Waals surface area contributed by atoms with Gasteiger partial charge in [0.15, 0.2) is 0 Å². The van der Waals surface area contributed by atoms with Gasteiger partial charge in [0.1, 0.15) is 18.1 Å². The molecule has 3 aromatic rings. The molecule has 3 rings (SSSR count). The zero-order chi connectivity index (χ0) is 30.9. The molecule has 0 aromatic heterocycles. The minimum Gasteiger partial charge on any atom is -0.508 e. The van der Waals surface area contributed by atoms with Gasteiger partial charge in [-0.25, -0.2) is 4.79 Å². The van der Waals surface area contributed by atoms with E-state index in [-0.39, 0.29) is 31.4 Å². The quantitative estimate of drug-likeness (QED) is 0.192. The molecule has 0 atom stereocenters. The molecule has 0 aliphatic rings. The second-order valence-electron chi connectivity index (χ2n) is 9.57. The van der Waals surface area contributed by atoms with Crippen LogP contribution in [-0.4, -0.2) is 65.8 Å². The molecule has 0 fully saturated rings. The number of aromatic hydroxyl groups is 1. The van der Waals surface area contributed by atoms with Crippen LogP contribution in [0.1, 0.15) is 35.6 Å². The van der Waals surface area contributed by atoms with Gasteiger partial charge in [0.25, 0.3) is 0 Å². The van der Waals surface area contributed by atoms with Crippen LogP contribution in [-0.2, 0) is 11.0 Å². The number of carbonyl (C=O) groups is 2. The Bertz CT molecular complexity index is 1430. The zero-order valence-electron chi connectivity index (χ0n) is 23.6. The van der Waals surface area contributed by atoms with Crippen molar-refractivity contribution >= 4 is 23.1 Å². The Hall–Kier alpha value is -4.73. The van der Waals surface area contributed by atoms with Gasteiger partial charge in [-0.2, -0.15) is 13.2 Å². The van der Waals surface area contributed by atoms with Gasteiger partial charge in [-0.3, -0.25) is 4.79 Å². The highest BCUT2D eigenvalue weighted by atomic mass is 19.4. The summed E-state index contributed by atoms with van der Waals surface area (Å²) in [4.78, 5) is 25.7. The number of allylic oxidation sites excluding steroid dienone is 1. The molecule has 0 saturated heterocycles. The maximum atomic E-state index is 13.5. The Labute approximate surface area is 242 Å². The van der Waals surface area contributed by atoms with E-state index in [9.17, 15) is 33.0 Å². The number of hydrogen-bond donors (Lipinski definition) is 2. The molecule has 7 nitrogen and oxygen atoms in total. The summed E-state index contributed by atoms with van der Waals surface area (Å²) >= 11 is 0. The van der Waals surface area contributed by atoms with Crippen molar-refractivity contribution in [3.05, 3.63) is 107 Å². The first kappa shape index (κ1) is 31.8.